The van der Waals surface area contributed by atoms with Crippen LogP contribution in [0.15, 0.2) is 60.7 Å². The lowest BCUT2D eigenvalue weighted by Crippen LogP contribution is -2.41. The van der Waals surface area contributed by atoms with E-state index in [9.17, 15) is 4.79 Å². The van der Waals surface area contributed by atoms with Crippen LogP contribution in [0.5, 0.6) is 0 Å². The van der Waals surface area contributed by atoms with E-state index in [1.54, 1.807) is 0 Å². The summed E-state index contributed by atoms with van der Waals surface area (Å²) in [5.74, 6) is 0.728. The highest BCUT2D eigenvalue weighted by atomic mass is 16.6. The van der Waals surface area contributed by atoms with Gasteiger partial charge < -0.3 is 10.1 Å². The van der Waals surface area contributed by atoms with Crippen molar-refractivity contribution in [3.8, 4) is 0 Å². The van der Waals surface area contributed by atoms with E-state index in [0.717, 1.165) is 38.4 Å². The number of benzene rings is 2. The van der Waals surface area contributed by atoms with E-state index < -0.39 is 5.60 Å². The highest BCUT2D eigenvalue weighted by Gasteiger charge is 2.25. The molecular formula is C27H38N2O2. The van der Waals surface area contributed by atoms with Crippen LogP contribution < -0.4 is 5.32 Å². The van der Waals surface area contributed by atoms with Crippen LogP contribution in [-0.2, 0) is 17.8 Å². The molecule has 1 amide bonds. The number of carbonyl (C=O) groups is 1. The minimum atomic E-state index is -0.442. The fourth-order valence-corrected chi connectivity index (χ4v) is 4.33. The Morgan fingerprint density at radius 2 is 1.42 bits per heavy atom. The van der Waals surface area contributed by atoms with Gasteiger partial charge in [-0.05, 0) is 76.5 Å². The third-order valence-corrected chi connectivity index (χ3v) is 5.92. The number of amides is 1. The maximum Gasteiger partial charge on any atom is 0.407 e. The van der Waals surface area contributed by atoms with Crippen LogP contribution in [0.4, 0.5) is 4.79 Å². The van der Waals surface area contributed by atoms with Crippen molar-refractivity contribution < 1.29 is 9.53 Å². The predicted molar refractivity (Wildman–Crippen MR) is 127 cm³/mol. The van der Waals surface area contributed by atoms with Gasteiger partial charge in [0.1, 0.15) is 5.60 Å². The Kier molecular flexibility index (Phi) is 8.53. The molecule has 4 nitrogen and oxygen atoms in total. The summed E-state index contributed by atoms with van der Waals surface area (Å²) in [5.41, 5.74) is 2.29. The van der Waals surface area contributed by atoms with E-state index in [1.165, 1.54) is 30.4 Å². The molecule has 0 saturated heterocycles. The number of ether oxygens (including phenoxy) is 1. The summed E-state index contributed by atoms with van der Waals surface area (Å²) in [6, 6.07) is 21.7. The van der Waals surface area contributed by atoms with Gasteiger partial charge in [-0.3, -0.25) is 4.90 Å². The summed E-state index contributed by atoms with van der Waals surface area (Å²) in [4.78, 5) is 14.6. The van der Waals surface area contributed by atoms with Gasteiger partial charge in [-0.25, -0.2) is 4.79 Å². The monoisotopic (exact) mass is 422 g/mol. The van der Waals surface area contributed by atoms with Crippen LogP contribution in [-0.4, -0.2) is 29.2 Å². The molecule has 1 aliphatic carbocycles. The maximum atomic E-state index is 12.0. The van der Waals surface area contributed by atoms with Gasteiger partial charge in [-0.2, -0.15) is 0 Å². The van der Waals surface area contributed by atoms with Crippen molar-refractivity contribution in [3.05, 3.63) is 71.8 Å². The molecule has 0 heterocycles. The van der Waals surface area contributed by atoms with Gasteiger partial charge >= 0.3 is 6.09 Å². The molecule has 0 spiro atoms. The average molecular weight is 423 g/mol. The molecule has 168 valence electrons. The molecule has 0 atom stereocenters. The SMILES string of the molecule is CC(C)(C)OC(=O)NC1CCC(CCN(Cc2ccccc2)Cc2ccccc2)CC1. The normalized spacial score (nSPS) is 19.2. The van der Waals surface area contributed by atoms with E-state index in [1.807, 2.05) is 20.8 Å². The van der Waals surface area contributed by atoms with Gasteiger partial charge in [0.05, 0.1) is 0 Å². The number of alkyl carbamates (subject to hydrolysis) is 1. The van der Waals surface area contributed by atoms with Gasteiger partial charge in [0.2, 0.25) is 0 Å². The number of nitrogens with zero attached hydrogens (tertiary/aromatic N) is 1. The second-order valence-corrected chi connectivity index (χ2v) is 9.83. The van der Waals surface area contributed by atoms with Crippen LogP contribution >= 0.6 is 0 Å². The standard InChI is InChI=1S/C27H38N2O2/c1-27(2,3)31-26(30)28-25-16-14-22(15-17-25)18-19-29(20-23-10-6-4-7-11-23)21-24-12-8-5-9-13-24/h4-13,22,25H,14-21H2,1-3H3,(H,28,30). The minimum absolute atomic E-state index is 0.246. The molecule has 0 radical (unpaired) electrons. The second kappa shape index (κ2) is 11.3. The number of carbonyl (C=O) groups excluding carboxylic acids is 1. The quantitative estimate of drug-likeness (QED) is 0.554. The topological polar surface area (TPSA) is 41.6 Å². The Balaban J connectivity index is 1.47. The maximum absolute atomic E-state index is 12.0. The number of rotatable bonds is 8. The minimum Gasteiger partial charge on any atom is -0.444 e. The fourth-order valence-electron chi connectivity index (χ4n) is 4.33. The molecule has 3 rings (SSSR count). The van der Waals surface area contributed by atoms with E-state index in [0.29, 0.717) is 0 Å². The molecular weight excluding hydrogens is 384 g/mol. The van der Waals surface area contributed by atoms with Gasteiger partial charge in [-0.1, -0.05) is 60.7 Å². The first kappa shape index (κ1) is 23.3. The summed E-state index contributed by atoms with van der Waals surface area (Å²) in [5, 5.41) is 3.05. The first-order valence-electron chi connectivity index (χ1n) is 11.7. The Bertz CT molecular complexity index is 736. The fraction of sp³-hybridized carbons (Fsp3) is 0.519. The molecule has 0 aliphatic heterocycles. The van der Waals surface area contributed by atoms with Crippen LogP contribution in [0.1, 0.15) is 64.0 Å². The first-order valence-corrected chi connectivity index (χ1v) is 11.7. The zero-order chi connectivity index (χ0) is 22.1. The summed E-state index contributed by atoms with van der Waals surface area (Å²) in [7, 11) is 0. The van der Waals surface area contributed by atoms with E-state index in [2.05, 4.69) is 70.9 Å². The molecule has 1 N–H and O–H groups in total. The van der Waals surface area contributed by atoms with Crippen LogP contribution in [0.2, 0.25) is 0 Å². The zero-order valence-corrected chi connectivity index (χ0v) is 19.3. The van der Waals surface area contributed by atoms with Gasteiger partial charge in [0.25, 0.3) is 0 Å². The van der Waals surface area contributed by atoms with Crippen molar-refractivity contribution in [3.63, 3.8) is 0 Å². The molecule has 2 aromatic carbocycles. The van der Waals surface area contributed by atoms with E-state index >= 15 is 0 Å². The molecule has 0 aromatic heterocycles. The van der Waals surface area contributed by atoms with Crippen molar-refractivity contribution in [1.82, 2.24) is 10.2 Å². The smallest absolute Gasteiger partial charge is 0.407 e. The lowest BCUT2D eigenvalue weighted by atomic mass is 9.84. The Hall–Kier alpha value is -2.33. The molecule has 1 saturated carbocycles. The first-order chi connectivity index (χ1) is 14.9. The third kappa shape index (κ3) is 8.74. The number of hydrogen-bond acceptors (Lipinski definition) is 3. The van der Waals surface area contributed by atoms with E-state index in [-0.39, 0.29) is 12.1 Å². The van der Waals surface area contributed by atoms with Crippen molar-refractivity contribution in [1.29, 1.82) is 0 Å². The molecule has 31 heavy (non-hydrogen) atoms. The molecule has 2 aromatic rings. The van der Waals surface area contributed by atoms with Gasteiger partial charge in [0, 0.05) is 19.1 Å². The average Bonchev–Trinajstić information content (AvgIpc) is 2.73. The Labute approximate surface area is 188 Å². The van der Waals surface area contributed by atoms with E-state index in [4.69, 9.17) is 4.74 Å². The summed E-state index contributed by atoms with van der Waals surface area (Å²) < 4.78 is 5.40. The van der Waals surface area contributed by atoms with Crippen LogP contribution in [0.25, 0.3) is 0 Å². The summed E-state index contributed by atoms with van der Waals surface area (Å²) in [6.07, 6.45) is 5.35. The van der Waals surface area contributed by atoms with Crippen molar-refractivity contribution in [2.75, 3.05) is 6.54 Å². The summed E-state index contributed by atoms with van der Waals surface area (Å²) >= 11 is 0. The van der Waals surface area contributed by atoms with Crippen molar-refractivity contribution in [2.24, 2.45) is 5.92 Å². The highest BCUT2D eigenvalue weighted by Crippen LogP contribution is 2.28. The molecule has 0 unspecified atom stereocenters. The highest BCUT2D eigenvalue weighted by molar-refractivity contribution is 5.68. The molecule has 0 bridgehead atoms. The Morgan fingerprint density at radius 1 is 0.903 bits per heavy atom. The molecule has 4 heteroatoms. The summed E-state index contributed by atoms with van der Waals surface area (Å²) in [6.45, 7) is 8.76. The molecule has 1 fully saturated rings. The molecule has 1 aliphatic rings. The van der Waals surface area contributed by atoms with Crippen LogP contribution in [0.3, 0.4) is 0 Å². The van der Waals surface area contributed by atoms with Crippen LogP contribution in [0, 0.1) is 5.92 Å². The second-order valence-electron chi connectivity index (χ2n) is 9.83. The van der Waals surface area contributed by atoms with Gasteiger partial charge in [0.15, 0.2) is 0 Å². The predicted octanol–water partition coefficient (Wildman–Crippen LogP) is 6.16. The third-order valence-electron chi connectivity index (χ3n) is 5.92. The lowest BCUT2D eigenvalue weighted by molar-refractivity contribution is 0.0485. The van der Waals surface area contributed by atoms with Crippen molar-refractivity contribution >= 4 is 6.09 Å². The Morgan fingerprint density at radius 3 is 1.90 bits per heavy atom. The number of hydrogen-bond donors (Lipinski definition) is 1. The lowest BCUT2D eigenvalue weighted by Gasteiger charge is -2.31. The number of nitrogens with one attached hydrogen (secondary N) is 1. The van der Waals surface area contributed by atoms with Crippen molar-refractivity contribution in [2.45, 2.75) is 77.6 Å². The zero-order valence-electron chi connectivity index (χ0n) is 19.3. The largest absolute Gasteiger partial charge is 0.444 e. The van der Waals surface area contributed by atoms with Gasteiger partial charge in [-0.15, -0.1) is 0 Å².